The molecular formula is C13H22BrN3O. The molecule has 1 aromatic rings. The Morgan fingerprint density at radius 3 is 2.94 bits per heavy atom. The van der Waals surface area contributed by atoms with Gasteiger partial charge < -0.3 is 15.0 Å². The fourth-order valence-corrected chi connectivity index (χ4v) is 2.14. The number of nitrogens with one attached hydrogen (secondary N) is 1. The van der Waals surface area contributed by atoms with E-state index in [0.29, 0.717) is 0 Å². The van der Waals surface area contributed by atoms with Crippen molar-refractivity contribution in [3.05, 3.63) is 22.3 Å². The average molecular weight is 316 g/mol. The molecule has 0 radical (unpaired) electrons. The molecule has 0 aliphatic carbocycles. The topological polar surface area (TPSA) is 37.4 Å². The molecule has 0 spiro atoms. The zero-order chi connectivity index (χ0) is 13.4. The highest BCUT2D eigenvalue weighted by atomic mass is 79.9. The van der Waals surface area contributed by atoms with Crippen LogP contribution >= 0.6 is 15.9 Å². The van der Waals surface area contributed by atoms with Gasteiger partial charge in [-0.05, 0) is 35.0 Å². The summed E-state index contributed by atoms with van der Waals surface area (Å²) in [5, 5.41) is 3.34. The second kappa shape index (κ2) is 8.45. The van der Waals surface area contributed by atoms with Crippen LogP contribution in [0.25, 0.3) is 0 Å². The van der Waals surface area contributed by atoms with Crippen LogP contribution in [0.15, 0.2) is 16.7 Å². The summed E-state index contributed by atoms with van der Waals surface area (Å²) in [4.78, 5) is 6.69. The highest BCUT2D eigenvalue weighted by molar-refractivity contribution is 9.10. The van der Waals surface area contributed by atoms with Crippen LogP contribution in [-0.4, -0.2) is 38.8 Å². The number of anilines is 1. The van der Waals surface area contributed by atoms with Gasteiger partial charge in [0.1, 0.15) is 5.82 Å². The van der Waals surface area contributed by atoms with Crippen molar-refractivity contribution in [2.24, 2.45) is 0 Å². The van der Waals surface area contributed by atoms with Crippen molar-refractivity contribution in [2.45, 2.75) is 19.9 Å². The Morgan fingerprint density at radius 2 is 2.28 bits per heavy atom. The smallest absolute Gasteiger partial charge is 0.132 e. The summed E-state index contributed by atoms with van der Waals surface area (Å²) in [6.07, 6.45) is 2.85. The molecule has 0 saturated heterocycles. The third-order valence-corrected chi connectivity index (χ3v) is 3.11. The van der Waals surface area contributed by atoms with E-state index in [9.17, 15) is 0 Å². The lowest BCUT2D eigenvalue weighted by atomic mass is 10.2. The Balaban J connectivity index is 2.72. The largest absolute Gasteiger partial charge is 0.385 e. The van der Waals surface area contributed by atoms with Crippen LogP contribution in [0.2, 0.25) is 0 Å². The zero-order valence-electron chi connectivity index (χ0n) is 11.4. The lowest BCUT2D eigenvalue weighted by Gasteiger charge is -2.21. The van der Waals surface area contributed by atoms with E-state index in [0.717, 1.165) is 43.0 Å². The van der Waals surface area contributed by atoms with Gasteiger partial charge in [-0.2, -0.15) is 0 Å². The third kappa shape index (κ3) is 4.92. The molecule has 0 atom stereocenters. The molecular weight excluding hydrogens is 294 g/mol. The summed E-state index contributed by atoms with van der Waals surface area (Å²) < 4.78 is 6.09. The summed E-state index contributed by atoms with van der Waals surface area (Å²) >= 11 is 3.47. The maximum absolute atomic E-state index is 5.08. The lowest BCUT2D eigenvalue weighted by molar-refractivity contribution is 0.196. The van der Waals surface area contributed by atoms with E-state index in [1.165, 1.54) is 5.56 Å². The van der Waals surface area contributed by atoms with Crippen LogP contribution in [0.4, 0.5) is 5.82 Å². The second-order valence-electron chi connectivity index (χ2n) is 4.18. The number of ether oxygens (including phenoxy) is 1. The molecule has 1 rings (SSSR count). The quantitative estimate of drug-likeness (QED) is 0.748. The molecule has 0 saturated carbocycles. The first-order chi connectivity index (χ1) is 8.69. The number of pyridine rings is 1. The molecule has 0 fully saturated rings. The van der Waals surface area contributed by atoms with E-state index >= 15 is 0 Å². The van der Waals surface area contributed by atoms with Crippen LogP contribution in [-0.2, 0) is 11.3 Å². The minimum atomic E-state index is 0.781. The molecule has 1 aromatic heterocycles. The fraction of sp³-hybridized carbons (Fsp3) is 0.615. The predicted octanol–water partition coefficient (Wildman–Crippen LogP) is 2.43. The molecule has 18 heavy (non-hydrogen) atoms. The Bertz CT molecular complexity index is 360. The molecule has 1 N–H and O–H groups in total. The van der Waals surface area contributed by atoms with Gasteiger partial charge in [0, 0.05) is 50.1 Å². The Labute approximate surface area is 118 Å². The van der Waals surface area contributed by atoms with Crippen LogP contribution < -0.4 is 10.2 Å². The Kier molecular flexibility index (Phi) is 7.23. The van der Waals surface area contributed by atoms with E-state index in [1.54, 1.807) is 7.11 Å². The van der Waals surface area contributed by atoms with Gasteiger partial charge in [0.2, 0.25) is 0 Å². The first-order valence-corrected chi connectivity index (χ1v) is 7.03. The molecule has 5 heteroatoms. The molecule has 0 aliphatic rings. The van der Waals surface area contributed by atoms with Crippen molar-refractivity contribution in [1.82, 2.24) is 10.3 Å². The average Bonchev–Trinajstić information content (AvgIpc) is 2.36. The van der Waals surface area contributed by atoms with Gasteiger partial charge in [0.25, 0.3) is 0 Å². The molecule has 0 unspecified atom stereocenters. The third-order valence-electron chi connectivity index (χ3n) is 2.68. The summed E-state index contributed by atoms with van der Waals surface area (Å²) in [5.74, 6) is 1.04. The van der Waals surface area contributed by atoms with E-state index in [-0.39, 0.29) is 0 Å². The number of halogens is 1. The molecule has 0 aliphatic heterocycles. The van der Waals surface area contributed by atoms with Gasteiger partial charge >= 0.3 is 0 Å². The van der Waals surface area contributed by atoms with Crippen molar-refractivity contribution in [2.75, 3.05) is 38.8 Å². The van der Waals surface area contributed by atoms with Crippen LogP contribution in [0.3, 0.4) is 0 Å². The van der Waals surface area contributed by atoms with Gasteiger partial charge in [-0.3, -0.25) is 0 Å². The number of rotatable bonds is 8. The molecule has 102 valence electrons. The van der Waals surface area contributed by atoms with Crippen LogP contribution in [0.1, 0.15) is 18.9 Å². The van der Waals surface area contributed by atoms with E-state index in [2.05, 4.69) is 51.2 Å². The SMILES string of the molecule is CCNCc1cc(Br)cnc1N(C)CCCOC. The monoisotopic (exact) mass is 315 g/mol. The van der Waals surface area contributed by atoms with Crippen molar-refractivity contribution in [1.29, 1.82) is 0 Å². The van der Waals surface area contributed by atoms with Crippen molar-refractivity contribution < 1.29 is 4.74 Å². The summed E-state index contributed by atoms with van der Waals surface area (Å²) in [7, 11) is 3.80. The van der Waals surface area contributed by atoms with Gasteiger partial charge in [-0.1, -0.05) is 6.92 Å². The Morgan fingerprint density at radius 1 is 1.50 bits per heavy atom. The zero-order valence-corrected chi connectivity index (χ0v) is 13.0. The number of hydrogen-bond acceptors (Lipinski definition) is 4. The van der Waals surface area contributed by atoms with Gasteiger partial charge in [-0.15, -0.1) is 0 Å². The van der Waals surface area contributed by atoms with E-state index in [1.807, 2.05) is 6.20 Å². The predicted molar refractivity (Wildman–Crippen MR) is 79.1 cm³/mol. The summed E-state index contributed by atoms with van der Waals surface area (Å²) in [6, 6.07) is 2.12. The maximum Gasteiger partial charge on any atom is 0.132 e. The fourth-order valence-electron chi connectivity index (χ4n) is 1.76. The molecule has 1 heterocycles. The lowest BCUT2D eigenvalue weighted by Crippen LogP contribution is -2.24. The van der Waals surface area contributed by atoms with Crippen LogP contribution in [0.5, 0.6) is 0 Å². The van der Waals surface area contributed by atoms with Crippen molar-refractivity contribution >= 4 is 21.7 Å². The minimum Gasteiger partial charge on any atom is -0.385 e. The Hall–Kier alpha value is -0.650. The minimum absolute atomic E-state index is 0.781. The van der Waals surface area contributed by atoms with Crippen LogP contribution in [0, 0.1) is 0 Å². The van der Waals surface area contributed by atoms with Crippen molar-refractivity contribution in [3.8, 4) is 0 Å². The number of methoxy groups -OCH3 is 1. The second-order valence-corrected chi connectivity index (χ2v) is 5.10. The summed E-state index contributed by atoms with van der Waals surface area (Å²) in [5.41, 5.74) is 1.21. The highest BCUT2D eigenvalue weighted by Gasteiger charge is 2.09. The molecule has 0 bridgehead atoms. The standard InChI is InChI=1S/C13H22BrN3O/c1-4-15-9-11-8-12(14)10-16-13(11)17(2)6-5-7-18-3/h8,10,15H,4-7,9H2,1-3H3. The van der Waals surface area contributed by atoms with Gasteiger partial charge in [0.05, 0.1) is 0 Å². The van der Waals surface area contributed by atoms with E-state index < -0.39 is 0 Å². The number of hydrogen-bond donors (Lipinski definition) is 1. The van der Waals surface area contributed by atoms with E-state index in [4.69, 9.17) is 4.74 Å². The summed E-state index contributed by atoms with van der Waals surface area (Å²) in [6.45, 7) is 5.63. The number of aromatic nitrogens is 1. The first kappa shape index (κ1) is 15.4. The molecule has 0 aromatic carbocycles. The van der Waals surface area contributed by atoms with Gasteiger partial charge in [0.15, 0.2) is 0 Å². The number of nitrogens with zero attached hydrogens (tertiary/aromatic N) is 2. The first-order valence-electron chi connectivity index (χ1n) is 6.24. The normalized spacial score (nSPS) is 10.7. The van der Waals surface area contributed by atoms with Gasteiger partial charge in [-0.25, -0.2) is 4.98 Å². The maximum atomic E-state index is 5.08. The molecule has 4 nitrogen and oxygen atoms in total. The van der Waals surface area contributed by atoms with Crippen molar-refractivity contribution in [3.63, 3.8) is 0 Å². The molecule has 0 amide bonds. The highest BCUT2D eigenvalue weighted by Crippen LogP contribution is 2.20.